The van der Waals surface area contributed by atoms with Crippen LogP contribution in [0.25, 0.3) is 0 Å². The van der Waals surface area contributed by atoms with Gasteiger partial charge < -0.3 is 11.1 Å². The third-order valence-electron chi connectivity index (χ3n) is 5.19. The van der Waals surface area contributed by atoms with Gasteiger partial charge in [-0.3, -0.25) is 4.79 Å². The number of hydrogen-bond donors (Lipinski definition) is 2. The van der Waals surface area contributed by atoms with Gasteiger partial charge in [-0.15, -0.1) is 36.2 Å². The summed E-state index contributed by atoms with van der Waals surface area (Å²) in [6, 6.07) is 0.641. The molecule has 2 saturated carbocycles. The second kappa shape index (κ2) is 9.37. The van der Waals surface area contributed by atoms with Gasteiger partial charge in [-0.25, -0.2) is 4.98 Å². The van der Waals surface area contributed by atoms with E-state index in [1.165, 1.54) is 19.3 Å². The summed E-state index contributed by atoms with van der Waals surface area (Å²) >= 11 is 1.56. The molecule has 2 fully saturated rings. The minimum Gasteiger partial charge on any atom is -0.348 e. The van der Waals surface area contributed by atoms with Gasteiger partial charge in [0.25, 0.3) is 5.91 Å². The molecule has 3 N–H and O–H groups in total. The van der Waals surface area contributed by atoms with Crippen LogP contribution < -0.4 is 11.1 Å². The Bertz CT molecular complexity index is 538. The number of hydrogen-bond acceptors (Lipinski definition) is 4. The molecular formula is C17H29Cl2N3OS. The first-order valence-electron chi connectivity index (χ1n) is 8.61. The van der Waals surface area contributed by atoms with Crippen LogP contribution in [0.4, 0.5) is 0 Å². The number of fused-ring (bicyclic) bond motifs is 2. The first-order valence-corrected chi connectivity index (χ1v) is 9.42. The Morgan fingerprint density at radius 1 is 1.29 bits per heavy atom. The molecule has 0 spiro atoms. The summed E-state index contributed by atoms with van der Waals surface area (Å²) in [5, 5.41) is 4.41. The van der Waals surface area contributed by atoms with E-state index >= 15 is 0 Å². The zero-order chi connectivity index (χ0) is 15.7. The molecule has 1 aromatic rings. The molecule has 2 unspecified atom stereocenters. The van der Waals surface area contributed by atoms with E-state index in [0.29, 0.717) is 23.9 Å². The van der Waals surface area contributed by atoms with E-state index in [4.69, 9.17) is 5.73 Å². The lowest BCUT2D eigenvalue weighted by Crippen LogP contribution is -2.53. The minimum atomic E-state index is 0. The lowest BCUT2D eigenvalue weighted by molar-refractivity contribution is 0.0759. The van der Waals surface area contributed by atoms with Crippen LogP contribution in [0, 0.1) is 18.8 Å². The Labute approximate surface area is 161 Å². The summed E-state index contributed by atoms with van der Waals surface area (Å²) in [5.41, 5.74) is 7.05. The maximum Gasteiger partial charge on any atom is 0.263 e. The quantitative estimate of drug-likeness (QED) is 0.814. The van der Waals surface area contributed by atoms with Gasteiger partial charge in [-0.05, 0) is 57.3 Å². The summed E-state index contributed by atoms with van der Waals surface area (Å²) in [7, 11) is 0. The molecule has 0 aromatic carbocycles. The molecule has 1 amide bonds. The van der Waals surface area contributed by atoms with Gasteiger partial charge in [0.1, 0.15) is 4.88 Å². The highest BCUT2D eigenvalue weighted by Crippen LogP contribution is 2.39. The van der Waals surface area contributed by atoms with Gasteiger partial charge in [0.05, 0.1) is 10.7 Å². The van der Waals surface area contributed by atoms with Crippen molar-refractivity contribution in [1.29, 1.82) is 0 Å². The van der Waals surface area contributed by atoms with Crippen LogP contribution >= 0.6 is 36.2 Å². The van der Waals surface area contributed by atoms with Gasteiger partial charge in [0.2, 0.25) is 0 Å². The highest BCUT2D eigenvalue weighted by molar-refractivity contribution is 7.13. The van der Waals surface area contributed by atoms with E-state index in [1.54, 1.807) is 11.3 Å². The molecule has 2 bridgehead atoms. The van der Waals surface area contributed by atoms with Crippen molar-refractivity contribution < 1.29 is 4.79 Å². The van der Waals surface area contributed by atoms with Crippen molar-refractivity contribution in [2.45, 2.75) is 70.9 Å². The van der Waals surface area contributed by atoms with Crippen molar-refractivity contribution in [2.24, 2.45) is 17.6 Å². The number of nitrogens with zero attached hydrogens (tertiary/aromatic N) is 1. The predicted molar refractivity (Wildman–Crippen MR) is 105 cm³/mol. The SMILES string of the molecule is CCCc1nc(C)c(C(=O)NC2C3CCCC2CC(N)C3)s1.Cl.Cl. The number of amides is 1. The molecule has 0 saturated heterocycles. The molecule has 2 aliphatic rings. The summed E-state index contributed by atoms with van der Waals surface area (Å²) in [5.74, 6) is 1.21. The molecule has 24 heavy (non-hydrogen) atoms. The monoisotopic (exact) mass is 393 g/mol. The Morgan fingerprint density at radius 3 is 2.50 bits per heavy atom. The maximum atomic E-state index is 12.7. The average Bonchev–Trinajstić information content (AvgIpc) is 2.81. The highest BCUT2D eigenvalue weighted by atomic mass is 35.5. The van der Waals surface area contributed by atoms with E-state index < -0.39 is 0 Å². The summed E-state index contributed by atoms with van der Waals surface area (Å²) in [4.78, 5) is 18.0. The minimum absolute atomic E-state index is 0. The number of aromatic nitrogens is 1. The Balaban J connectivity index is 0.00000144. The van der Waals surface area contributed by atoms with Crippen LogP contribution in [0.3, 0.4) is 0 Å². The highest BCUT2D eigenvalue weighted by Gasteiger charge is 2.40. The summed E-state index contributed by atoms with van der Waals surface area (Å²) in [6.45, 7) is 4.09. The molecule has 7 heteroatoms. The number of rotatable bonds is 4. The zero-order valence-electron chi connectivity index (χ0n) is 14.4. The number of halogens is 2. The fraction of sp³-hybridized carbons (Fsp3) is 0.765. The van der Waals surface area contributed by atoms with E-state index in [-0.39, 0.29) is 30.7 Å². The van der Waals surface area contributed by atoms with Crippen molar-refractivity contribution >= 4 is 42.1 Å². The van der Waals surface area contributed by atoms with Crippen LogP contribution in [-0.4, -0.2) is 23.0 Å². The maximum absolute atomic E-state index is 12.7. The van der Waals surface area contributed by atoms with E-state index in [1.807, 2.05) is 6.92 Å². The van der Waals surface area contributed by atoms with Crippen LogP contribution in [0.2, 0.25) is 0 Å². The predicted octanol–water partition coefficient (Wildman–Crippen LogP) is 3.88. The van der Waals surface area contributed by atoms with Crippen LogP contribution in [0.5, 0.6) is 0 Å². The van der Waals surface area contributed by atoms with E-state index in [0.717, 1.165) is 41.3 Å². The van der Waals surface area contributed by atoms with Gasteiger partial charge >= 0.3 is 0 Å². The molecule has 4 nitrogen and oxygen atoms in total. The number of nitrogens with one attached hydrogen (secondary N) is 1. The second-order valence-corrected chi connectivity index (χ2v) is 8.04. The van der Waals surface area contributed by atoms with Crippen molar-refractivity contribution in [1.82, 2.24) is 10.3 Å². The Hall–Kier alpha value is -0.360. The molecule has 2 atom stereocenters. The van der Waals surface area contributed by atoms with Gasteiger partial charge in [0.15, 0.2) is 0 Å². The van der Waals surface area contributed by atoms with Crippen LogP contribution in [0.1, 0.15) is 65.8 Å². The van der Waals surface area contributed by atoms with Crippen molar-refractivity contribution in [2.75, 3.05) is 0 Å². The first kappa shape index (κ1) is 21.7. The van der Waals surface area contributed by atoms with Crippen molar-refractivity contribution in [3.63, 3.8) is 0 Å². The summed E-state index contributed by atoms with van der Waals surface area (Å²) in [6.07, 6.45) is 7.85. The molecular weight excluding hydrogens is 365 g/mol. The summed E-state index contributed by atoms with van der Waals surface area (Å²) < 4.78 is 0. The third-order valence-corrected chi connectivity index (χ3v) is 6.40. The largest absolute Gasteiger partial charge is 0.348 e. The number of thiazole rings is 1. The van der Waals surface area contributed by atoms with Crippen molar-refractivity contribution in [3.05, 3.63) is 15.6 Å². The Morgan fingerprint density at radius 2 is 1.92 bits per heavy atom. The molecule has 138 valence electrons. The van der Waals surface area contributed by atoms with Gasteiger partial charge in [0, 0.05) is 12.1 Å². The molecule has 3 rings (SSSR count). The zero-order valence-corrected chi connectivity index (χ0v) is 16.9. The van der Waals surface area contributed by atoms with Crippen LogP contribution in [0.15, 0.2) is 0 Å². The number of aryl methyl sites for hydroxylation is 2. The van der Waals surface area contributed by atoms with Crippen molar-refractivity contribution in [3.8, 4) is 0 Å². The molecule has 0 radical (unpaired) electrons. The van der Waals surface area contributed by atoms with Gasteiger partial charge in [-0.2, -0.15) is 0 Å². The topological polar surface area (TPSA) is 68.0 Å². The van der Waals surface area contributed by atoms with Crippen LogP contribution in [-0.2, 0) is 6.42 Å². The fourth-order valence-corrected chi connectivity index (χ4v) is 5.29. The molecule has 1 aromatic heterocycles. The fourth-order valence-electron chi connectivity index (χ4n) is 4.23. The lowest BCUT2D eigenvalue weighted by Gasteiger charge is -2.45. The first-order chi connectivity index (χ1) is 10.6. The normalized spacial score (nSPS) is 28.5. The van der Waals surface area contributed by atoms with E-state index in [2.05, 4.69) is 17.2 Å². The second-order valence-electron chi connectivity index (χ2n) is 6.95. The van der Waals surface area contributed by atoms with E-state index in [9.17, 15) is 4.79 Å². The number of carbonyl (C=O) groups excluding carboxylic acids is 1. The third kappa shape index (κ3) is 4.63. The molecule has 0 aliphatic heterocycles. The average molecular weight is 394 g/mol. The molecule has 2 aliphatic carbocycles. The molecule has 1 heterocycles. The van der Waals surface area contributed by atoms with Gasteiger partial charge in [-0.1, -0.05) is 13.3 Å². The smallest absolute Gasteiger partial charge is 0.263 e. The standard InChI is InChI=1S/C17H27N3OS.2ClH/c1-3-5-14-19-10(2)16(22-14)17(21)20-15-11-6-4-7-12(15)9-13(18)8-11;;/h11-13,15H,3-9,18H2,1-2H3,(H,20,21);2*1H. The number of nitrogens with two attached hydrogens (primary N) is 1. The number of carbonyl (C=O) groups is 1. The lowest BCUT2D eigenvalue weighted by atomic mass is 9.67. The Kier molecular flexibility index (Phi) is 8.46.